The minimum atomic E-state index is 0. The van der Waals surface area contributed by atoms with Crippen LogP contribution in [0.4, 0.5) is 0 Å². The number of piperidine rings is 1. The average molecular weight is 303 g/mol. The molecular weight excluding hydrogens is 272 g/mol. The van der Waals surface area contributed by atoms with Gasteiger partial charge < -0.3 is 10.6 Å². The van der Waals surface area contributed by atoms with Gasteiger partial charge in [-0.1, -0.05) is 25.7 Å². The molecule has 2 fully saturated rings. The van der Waals surface area contributed by atoms with Crippen LogP contribution in [-0.2, 0) is 4.79 Å². The molecule has 0 bridgehead atoms. The zero-order valence-electron chi connectivity index (χ0n) is 12.9. The highest BCUT2D eigenvalue weighted by Gasteiger charge is 2.30. The quantitative estimate of drug-likeness (QED) is 0.811. The Morgan fingerprint density at radius 2 is 1.70 bits per heavy atom. The van der Waals surface area contributed by atoms with Gasteiger partial charge in [-0.15, -0.1) is 12.4 Å². The zero-order valence-corrected chi connectivity index (χ0v) is 13.7. The summed E-state index contributed by atoms with van der Waals surface area (Å²) in [5, 5.41) is 0. The van der Waals surface area contributed by atoms with E-state index in [1.54, 1.807) is 0 Å². The van der Waals surface area contributed by atoms with E-state index < -0.39 is 0 Å². The van der Waals surface area contributed by atoms with Gasteiger partial charge in [0, 0.05) is 25.0 Å². The Labute approximate surface area is 130 Å². The van der Waals surface area contributed by atoms with Crippen LogP contribution in [0.5, 0.6) is 0 Å². The van der Waals surface area contributed by atoms with Gasteiger partial charge in [0.2, 0.25) is 5.91 Å². The molecule has 0 spiro atoms. The molecule has 2 rings (SSSR count). The number of rotatable bonds is 3. The van der Waals surface area contributed by atoms with Crippen LogP contribution in [0.2, 0.25) is 0 Å². The van der Waals surface area contributed by atoms with Gasteiger partial charge in [-0.2, -0.15) is 0 Å². The summed E-state index contributed by atoms with van der Waals surface area (Å²) in [6, 6.07) is 0.394. The van der Waals surface area contributed by atoms with Crippen molar-refractivity contribution in [1.82, 2.24) is 4.90 Å². The van der Waals surface area contributed by atoms with Crippen molar-refractivity contribution in [1.29, 1.82) is 0 Å². The second kappa shape index (κ2) is 8.89. The first-order valence-corrected chi connectivity index (χ1v) is 8.23. The molecule has 1 amide bonds. The summed E-state index contributed by atoms with van der Waals surface area (Å²) in [6.45, 7) is 2.97. The molecule has 1 aliphatic heterocycles. The van der Waals surface area contributed by atoms with Crippen LogP contribution >= 0.6 is 12.4 Å². The molecule has 2 atom stereocenters. The Kier molecular flexibility index (Phi) is 7.90. The van der Waals surface area contributed by atoms with Gasteiger partial charge >= 0.3 is 0 Å². The minimum Gasteiger partial charge on any atom is -0.338 e. The van der Waals surface area contributed by atoms with E-state index in [2.05, 4.69) is 4.90 Å². The molecular formula is C16H31ClN2O. The Morgan fingerprint density at radius 1 is 1.10 bits per heavy atom. The third kappa shape index (κ3) is 4.92. The van der Waals surface area contributed by atoms with Gasteiger partial charge in [-0.25, -0.2) is 0 Å². The first kappa shape index (κ1) is 17.8. The molecule has 0 aromatic rings. The molecule has 0 aromatic heterocycles. The number of hydrogen-bond donors (Lipinski definition) is 1. The fourth-order valence-corrected chi connectivity index (χ4v) is 3.75. The SMILES string of the molecule is CC(N)C1CCCCN1C(=O)CC1CCCCCC1.Cl. The molecule has 0 aromatic carbocycles. The van der Waals surface area contributed by atoms with Crippen molar-refractivity contribution in [3.05, 3.63) is 0 Å². The lowest BCUT2D eigenvalue weighted by atomic mass is 9.92. The normalized spacial score (nSPS) is 26.5. The third-order valence-electron chi connectivity index (χ3n) is 4.91. The van der Waals surface area contributed by atoms with Crippen molar-refractivity contribution >= 4 is 18.3 Å². The minimum absolute atomic E-state index is 0. The molecule has 2 N–H and O–H groups in total. The lowest BCUT2D eigenvalue weighted by molar-refractivity contribution is -0.136. The van der Waals surface area contributed by atoms with Crippen molar-refractivity contribution in [2.75, 3.05) is 6.54 Å². The standard InChI is InChI=1S/C16H30N2O.ClH/c1-13(17)15-10-6-7-11-18(15)16(19)12-14-8-4-2-3-5-9-14;/h13-15H,2-12,17H2,1H3;1H. The van der Waals surface area contributed by atoms with E-state index in [0.717, 1.165) is 25.8 Å². The lowest BCUT2D eigenvalue weighted by Gasteiger charge is -2.38. The number of halogens is 1. The predicted molar refractivity (Wildman–Crippen MR) is 86.1 cm³/mol. The zero-order chi connectivity index (χ0) is 13.7. The molecule has 2 unspecified atom stereocenters. The molecule has 0 radical (unpaired) electrons. The largest absolute Gasteiger partial charge is 0.338 e. The van der Waals surface area contributed by atoms with Crippen molar-refractivity contribution in [2.45, 2.75) is 83.2 Å². The number of nitrogens with zero attached hydrogens (tertiary/aromatic N) is 1. The van der Waals surface area contributed by atoms with Crippen molar-refractivity contribution in [3.63, 3.8) is 0 Å². The molecule has 2 aliphatic rings. The summed E-state index contributed by atoms with van der Waals surface area (Å²) in [6.07, 6.45) is 12.1. The summed E-state index contributed by atoms with van der Waals surface area (Å²) in [5.74, 6) is 1.000. The summed E-state index contributed by atoms with van der Waals surface area (Å²) in [7, 11) is 0. The van der Waals surface area contributed by atoms with Crippen molar-refractivity contribution in [3.8, 4) is 0 Å². The topological polar surface area (TPSA) is 46.3 Å². The molecule has 3 nitrogen and oxygen atoms in total. The Bertz CT molecular complexity index is 288. The van der Waals surface area contributed by atoms with Crippen LogP contribution in [0.15, 0.2) is 0 Å². The van der Waals surface area contributed by atoms with E-state index in [1.165, 1.54) is 44.9 Å². The molecule has 1 saturated heterocycles. The van der Waals surface area contributed by atoms with Crippen LogP contribution < -0.4 is 5.73 Å². The van der Waals surface area contributed by atoms with E-state index in [1.807, 2.05) is 6.92 Å². The van der Waals surface area contributed by atoms with Crippen LogP contribution in [0, 0.1) is 5.92 Å². The van der Waals surface area contributed by atoms with Gasteiger partial charge in [0.05, 0.1) is 0 Å². The second-order valence-corrected chi connectivity index (χ2v) is 6.57. The average Bonchev–Trinajstić information content (AvgIpc) is 2.67. The predicted octanol–water partition coefficient (Wildman–Crippen LogP) is 3.50. The van der Waals surface area contributed by atoms with E-state index in [4.69, 9.17) is 5.73 Å². The Hall–Kier alpha value is -0.280. The first-order chi connectivity index (χ1) is 9.18. The van der Waals surface area contributed by atoms with Gasteiger partial charge in [0.25, 0.3) is 0 Å². The number of hydrogen-bond acceptors (Lipinski definition) is 2. The van der Waals surface area contributed by atoms with Crippen molar-refractivity contribution in [2.24, 2.45) is 11.7 Å². The number of likely N-dealkylation sites (tertiary alicyclic amines) is 1. The highest BCUT2D eigenvalue weighted by molar-refractivity contribution is 5.85. The van der Waals surface area contributed by atoms with Crippen molar-refractivity contribution < 1.29 is 4.79 Å². The fraction of sp³-hybridized carbons (Fsp3) is 0.938. The molecule has 118 valence electrons. The number of amides is 1. The van der Waals surface area contributed by atoms with E-state index in [-0.39, 0.29) is 24.5 Å². The summed E-state index contributed by atoms with van der Waals surface area (Å²) >= 11 is 0. The second-order valence-electron chi connectivity index (χ2n) is 6.57. The van der Waals surface area contributed by atoms with Crippen LogP contribution in [0.25, 0.3) is 0 Å². The molecule has 1 heterocycles. The van der Waals surface area contributed by atoms with E-state index in [9.17, 15) is 4.79 Å². The highest BCUT2D eigenvalue weighted by atomic mass is 35.5. The summed E-state index contributed by atoms with van der Waals surface area (Å²) in [4.78, 5) is 14.7. The smallest absolute Gasteiger partial charge is 0.223 e. The van der Waals surface area contributed by atoms with Gasteiger partial charge in [0.1, 0.15) is 0 Å². The van der Waals surface area contributed by atoms with Gasteiger partial charge in [0.15, 0.2) is 0 Å². The monoisotopic (exact) mass is 302 g/mol. The maximum Gasteiger partial charge on any atom is 0.223 e. The summed E-state index contributed by atoms with van der Waals surface area (Å²) in [5.41, 5.74) is 6.06. The first-order valence-electron chi connectivity index (χ1n) is 8.23. The Balaban J connectivity index is 0.00000200. The molecule has 4 heteroatoms. The van der Waals surface area contributed by atoms with E-state index in [0.29, 0.717) is 11.8 Å². The Morgan fingerprint density at radius 3 is 2.30 bits per heavy atom. The highest BCUT2D eigenvalue weighted by Crippen LogP contribution is 2.28. The molecule has 20 heavy (non-hydrogen) atoms. The fourth-order valence-electron chi connectivity index (χ4n) is 3.75. The lowest BCUT2D eigenvalue weighted by Crippen LogP contribution is -2.52. The number of nitrogens with two attached hydrogens (primary N) is 1. The number of carbonyl (C=O) groups excluding carboxylic acids is 1. The van der Waals surface area contributed by atoms with Gasteiger partial charge in [-0.3, -0.25) is 4.79 Å². The third-order valence-corrected chi connectivity index (χ3v) is 4.91. The van der Waals surface area contributed by atoms with Crippen LogP contribution in [0.3, 0.4) is 0 Å². The molecule has 1 aliphatic carbocycles. The van der Waals surface area contributed by atoms with Crippen LogP contribution in [0.1, 0.15) is 71.1 Å². The van der Waals surface area contributed by atoms with Crippen LogP contribution in [-0.4, -0.2) is 29.4 Å². The molecule has 1 saturated carbocycles. The maximum atomic E-state index is 12.6. The van der Waals surface area contributed by atoms with E-state index >= 15 is 0 Å². The summed E-state index contributed by atoms with van der Waals surface area (Å²) < 4.78 is 0. The number of carbonyl (C=O) groups is 1. The van der Waals surface area contributed by atoms with Gasteiger partial charge in [-0.05, 0) is 44.9 Å². The maximum absolute atomic E-state index is 12.6.